The fraction of sp³-hybridized carbons (Fsp3) is 0.533. The fourth-order valence-electron chi connectivity index (χ4n) is 1.22. The molecule has 1 aromatic carbocycles. The zero-order chi connectivity index (χ0) is 13.4. The van der Waals surface area contributed by atoms with Crippen molar-refractivity contribution in [1.29, 1.82) is 0 Å². The van der Waals surface area contributed by atoms with Gasteiger partial charge in [-0.25, -0.2) is 0 Å². The molecule has 1 unspecified atom stereocenters. The molecule has 0 aromatic heterocycles. The summed E-state index contributed by atoms with van der Waals surface area (Å²) in [6.07, 6.45) is 0.945. The predicted octanol–water partition coefficient (Wildman–Crippen LogP) is 4.10. The molecule has 1 N–H and O–H groups in total. The van der Waals surface area contributed by atoms with Crippen molar-refractivity contribution < 1.29 is 9.90 Å². The van der Waals surface area contributed by atoms with Gasteiger partial charge in [-0.05, 0) is 30.4 Å². The van der Waals surface area contributed by atoms with Crippen LogP contribution in [0.1, 0.15) is 51.7 Å². The zero-order valence-corrected chi connectivity index (χ0v) is 11.5. The molecule has 0 heterocycles. The van der Waals surface area contributed by atoms with Crippen LogP contribution in [0.15, 0.2) is 24.3 Å². The Bertz CT molecular complexity index is 340. The van der Waals surface area contributed by atoms with E-state index in [9.17, 15) is 4.79 Å². The van der Waals surface area contributed by atoms with Crippen LogP contribution in [0.25, 0.3) is 0 Å². The number of hydrogen-bond acceptors (Lipinski definition) is 1. The summed E-state index contributed by atoms with van der Waals surface area (Å²) in [6, 6.07) is 7.74. The molecular formula is C15H24O2. The number of hydrogen-bond donors (Lipinski definition) is 1. The van der Waals surface area contributed by atoms with Gasteiger partial charge in [0.2, 0.25) is 0 Å². The highest BCUT2D eigenvalue weighted by molar-refractivity contribution is 5.75. The maximum absolute atomic E-state index is 10.7. The van der Waals surface area contributed by atoms with Crippen LogP contribution in [0.4, 0.5) is 0 Å². The molecule has 0 radical (unpaired) electrons. The number of benzene rings is 1. The third-order valence-corrected chi connectivity index (χ3v) is 2.23. The molecule has 17 heavy (non-hydrogen) atoms. The average Bonchev–Trinajstić information content (AvgIpc) is 2.27. The SMILES string of the molecule is CC(C)C.CCc1cccc(C(C)C(=O)O)c1. The summed E-state index contributed by atoms with van der Waals surface area (Å²) in [5, 5.41) is 8.80. The van der Waals surface area contributed by atoms with E-state index < -0.39 is 11.9 Å². The van der Waals surface area contributed by atoms with Crippen LogP contribution in [-0.4, -0.2) is 11.1 Å². The van der Waals surface area contributed by atoms with E-state index >= 15 is 0 Å². The molecule has 0 saturated carbocycles. The summed E-state index contributed by atoms with van der Waals surface area (Å²) in [6.45, 7) is 10.3. The summed E-state index contributed by atoms with van der Waals surface area (Å²) in [7, 11) is 0. The first-order chi connectivity index (χ1) is 7.88. The van der Waals surface area contributed by atoms with Crippen molar-refractivity contribution in [3.63, 3.8) is 0 Å². The summed E-state index contributed by atoms with van der Waals surface area (Å²) in [4.78, 5) is 10.7. The van der Waals surface area contributed by atoms with E-state index in [2.05, 4.69) is 27.7 Å². The van der Waals surface area contributed by atoms with E-state index in [1.807, 2.05) is 24.3 Å². The monoisotopic (exact) mass is 236 g/mol. The topological polar surface area (TPSA) is 37.3 Å². The lowest BCUT2D eigenvalue weighted by atomic mass is 9.99. The van der Waals surface area contributed by atoms with Crippen LogP contribution < -0.4 is 0 Å². The zero-order valence-electron chi connectivity index (χ0n) is 11.5. The predicted molar refractivity (Wildman–Crippen MR) is 72.4 cm³/mol. The molecule has 0 spiro atoms. The quantitative estimate of drug-likeness (QED) is 0.858. The number of rotatable bonds is 3. The number of carbonyl (C=O) groups is 1. The molecule has 2 nitrogen and oxygen atoms in total. The van der Waals surface area contributed by atoms with Gasteiger partial charge in [-0.15, -0.1) is 0 Å². The normalized spacial score (nSPS) is 11.6. The van der Waals surface area contributed by atoms with Crippen molar-refractivity contribution in [2.24, 2.45) is 5.92 Å². The lowest BCUT2D eigenvalue weighted by molar-refractivity contribution is -0.138. The first-order valence-electron chi connectivity index (χ1n) is 6.20. The Kier molecular flexibility index (Phi) is 7.27. The molecule has 96 valence electrons. The highest BCUT2D eigenvalue weighted by atomic mass is 16.4. The largest absolute Gasteiger partial charge is 0.481 e. The molecule has 1 aromatic rings. The number of aliphatic carboxylic acids is 1. The van der Waals surface area contributed by atoms with Gasteiger partial charge in [-0.3, -0.25) is 4.79 Å². The van der Waals surface area contributed by atoms with E-state index in [0.29, 0.717) is 0 Å². The van der Waals surface area contributed by atoms with Crippen molar-refractivity contribution >= 4 is 5.97 Å². The molecule has 0 aliphatic carbocycles. The Morgan fingerprint density at radius 1 is 1.24 bits per heavy atom. The molecule has 0 aliphatic heterocycles. The molecule has 1 atom stereocenters. The summed E-state index contributed by atoms with van der Waals surface area (Å²) >= 11 is 0. The van der Waals surface area contributed by atoms with Crippen LogP contribution in [-0.2, 0) is 11.2 Å². The summed E-state index contributed by atoms with van der Waals surface area (Å²) < 4.78 is 0. The Balaban J connectivity index is 0.000000557. The van der Waals surface area contributed by atoms with Gasteiger partial charge in [0.05, 0.1) is 5.92 Å². The highest BCUT2D eigenvalue weighted by Gasteiger charge is 2.12. The average molecular weight is 236 g/mol. The minimum Gasteiger partial charge on any atom is -0.481 e. The minimum absolute atomic E-state index is 0.411. The van der Waals surface area contributed by atoms with Crippen molar-refractivity contribution in [3.8, 4) is 0 Å². The molecule has 0 fully saturated rings. The Hall–Kier alpha value is -1.31. The number of carboxylic acids is 1. The minimum atomic E-state index is -0.770. The molecule has 0 aliphatic rings. The Morgan fingerprint density at radius 2 is 1.76 bits per heavy atom. The summed E-state index contributed by atoms with van der Waals surface area (Å²) in [5.74, 6) is -0.347. The molecule has 0 amide bonds. The maximum Gasteiger partial charge on any atom is 0.310 e. The van der Waals surface area contributed by atoms with E-state index in [0.717, 1.165) is 17.9 Å². The van der Waals surface area contributed by atoms with Crippen molar-refractivity contribution in [3.05, 3.63) is 35.4 Å². The van der Waals surface area contributed by atoms with Crippen LogP contribution in [0.3, 0.4) is 0 Å². The molecular weight excluding hydrogens is 212 g/mol. The van der Waals surface area contributed by atoms with Gasteiger partial charge in [0.25, 0.3) is 0 Å². The highest BCUT2D eigenvalue weighted by Crippen LogP contribution is 2.16. The molecule has 1 rings (SSSR count). The van der Waals surface area contributed by atoms with Gasteiger partial charge >= 0.3 is 5.97 Å². The smallest absolute Gasteiger partial charge is 0.310 e. The van der Waals surface area contributed by atoms with Crippen LogP contribution in [0.2, 0.25) is 0 Å². The van der Waals surface area contributed by atoms with Crippen molar-refractivity contribution in [2.75, 3.05) is 0 Å². The van der Waals surface area contributed by atoms with E-state index in [1.165, 1.54) is 5.56 Å². The number of aryl methyl sites for hydroxylation is 1. The standard InChI is InChI=1S/C11H14O2.C4H10/c1-3-9-5-4-6-10(7-9)8(2)11(12)13;1-4(2)3/h4-8H,3H2,1-2H3,(H,12,13);4H,1-3H3. The van der Waals surface area contributed by atoms with Gasteiger partial charge in [0.15, 0.2) is 0 Å². The van der Waals surface area contributed by atoms with E-state index in [1.54, 1.807) is 6.92 Å². The van der Waals surface area contributed by atoms with Gasteiger partial charge in [0, 0.05) is 0 Å². The first kappa shape index (κ1) is 15.7. The Labute approximate surface area is 105 Å². The number of carboxylic acid groups (broad SMARTS) is 1. The van der Waals surface area contributed by atoms with Crippen LogP contribution >= 0.6 is 0 Å². The lowest BCUT2D eigenvalue weighted by Crippen LogP contribution is -2.07. The van der Waals surface area contributed by atoms with Crippen molar-refractivity contribution in [2.45, 2.75) is 47.0 Å². The second-order valence-electron chi connectivity index (χ2n) is 4.89. The third kappa shape index (κ3) is 6.77. The summed E-state index contributed by atoms with van der Waals surface area (Å²) in [5.41, 5.74) is 2.07. The van der Waals surface area contributed by atoms with E-state index in [4.69, 9.17) is 5.11 Å². The van der Waals surface area contributed by atoms with E-state index in [-0.39, 0.29) is 0 Å². The maximum atomic E-state index is 10.7. The molecule has 2 heteroatoms. The molecule has 0 saturated heterocycles. The van der Waals surface area contributed by atoms with Crippen LogP contribution in [0, 0.1) is 5.92 Å². The van der Waals surface area contributed by atoms with Crippen LogP contribution in [0.5, 0.6) is 0 Å². The fourth-order valence-corrected chi connectivity index (χ4v) is 1.22. The van der Waals surface area contributed by atoms with Gasteiger partial charge < -0.3 is 5.11 Å². The second kappa shape index (κ2) is 7.88. The molecule has 0 bridgehead atoms. The van der Waals surface area contributed by atoms with Gasteiger partial charge in [-0.2, -0.15) is 0 Å². The third-order valence-electron chi connectivity index (χ3n) is 2.23. The lowest BCUT2D eigenvalue weighted by Gasteiger charge is -2.07. The van der Waals surface area contributed by atoms with Gasteiger partial charge in [-0.1, -0.05) is 52.0 Å². The first-order valence-corrected chi connectivity index (χ1v) is 6.20. The Morgan fingerprint density at radius 3 is 2.18 bits per heavy atom. The van der Waals surface area contributed by atoms with Crippen molar-refractivity contribution in [1.82, 2.24) is 0 Å². The van der Waals surface area contributed by atoms with Gasteiger partial charge in [0.1, 0.15) is 0 Å². The second-order valence-corrected chi connectivity index (χ2v) is 4.89.